The summed E-state index contributed by atoms with van der Waals surface area (Å²) in [7, 11) is -3.40. The molecule has 7 heteroatoms. The lowest BCUT2D eigenvalue weighted by Crippen LogP contribution is -2.17. The van der Waals surface area contributed by atoms with E-state index in [-0.39, 0.29) is 5.75 Å². The molecule has 2 rings (SSSR count). The Morgan fingerprint density at radius 2 is 2.00 bits per heavy atom. The van der Waals surface area contributed by atoms with Crippen LogP contribution in [0.4, 0.5) is 5.69 Å². The van der Waals surface area contributed by atoms with Gasteiger partial charge in [0.25, 0.3) is 0 Å². The van der Waals surface area contributed by atoms with Crippen molar-refractivity contribution in [3.8, 4) is 0 Å². The first kappa shape index (κ1) is 15.4. The fraction of sp³-hybridized carbons (Fsp3) is 0.308. The molecule has 0 aliphatic carbocycles. The summed E-state index contributed by atoms with van der Waals surface area (Å²) in [5, 5.41) is 1.26. The van der Waals surface area contributed by atoms with Crippen molar-refractivity contribution in [3.63, 3.8) is 0 Å². The van der Waals surface area contributed by atoms with Gasteiger partial charge < -0.3 is 0 Å². The van der Waals surface area contributed by atoms with Crippen molar-refractivity contribution in [3.05, 3.63) is 35.5 Å². The molecule has 0 amide bonds. The third-order valence-corrected chi connectivity index (χ3v) is 4.73. The number of aromatic nitrogens is 1. The van der Waals surface area contributed by atoms with Crippen LogP contribution in [0.25, 0.3) is 10.9 Å². The van der Waals surface area contributed by atoms with Crippen LogP contribution in [0.5, 0.6) is 0 Å². The number of nitrogens with one attached hydrogen (secondary N) is 1. The highest BCUT2D eigenvalue weighted by molar-refractivity contribution is 7.92. The van der Waals surface area contributed by atoms with E-state index in [9.17, 15) is 8.42 Å². The minimum atomic E-state index is -3.40. The van der Waals surface area contributed by atoms with Crippen LogP contribution in [-0.2, 0) is 10.0 Å². The monoisotopic (exact) mass is 332 g/mol. The van der Waals surface area contributed by atoms with Gasteiger partial charge in [-0.1, -0.05) is 11.6 Å². The lowest BCUT2D eigenvalue weighted by atomic mass is 10.2. The first-order chi connectivity index (χ1) is 9.53. The molecule has 0 aliphatic heterocycles. The van der Waals surface area contributed by atoms with Crippen molar-refractivity contribution >= 4 is 49.8 Å². The van der Waals surface area contributed by atoms with Crippen molar-refractivity contribution in [1.29, 1.82) is 0 Å². The van der Waals surface area contributed by atoms with Gasteiger partial charge in [0, 0.05) is 17.5 Å². The number of alkyl halides is 1. The van der Waals surface area contributed by atoms with Gasteiger partial charge in [0.05, 0.1) is 22.0 Å². The smallest absolute Gasteiger partial charge is 0.232 e. The van der Waals surface area contributed by atoms with Crippen molar-refractivity contribution in [2.24, 2.45) is 0 Å². The van der Waals surface area contributed by atoms with Crippen LogP contribution in [0.3, 0.4) is 0 Å². The van der Waals surface area contributed by atoms with E-state index in [0.29, 0.717) is 34.9 Å². The van der Waals surface area contributed by atoms with E-state index in [1.54, 1.807) is 30.5 Å². The highest BCUT2D eigenvalue weighted by atomic mass is 35.5. The van der Waals surface area contributed by atoms with Crippen LogP contribution in [0.1, 0.15) is 12.8 Å². The molecule has 0 fully saturated rings. The zero-order chi connectivity index (χ0) is 14.6. The summed E-state index contributed by atoms with van der Waals surface area (Å²) < 4.78 is 26.5. The summed E-state index contributed by atoms with van der Waals surface area (Å²) in [6.45, 7) is 0. The quantitative estimate of drug-likeness (QED) is 0.648. The van der Waals surface area contributed by atoms with E-state index in [2.05, 4.69) is 9.71 Å². The number of benzene rings is 1. The second kappa shape index (κ2) is 6.61. The summed E-state index contributed by atoms with van der Waals surface area (Å²) in [6, 6.07) is 6.84. The number of rotatable bonds is 6. The second-order valence-electron chi connectivity index (χ2n) is 4.31. The number of nitrogens with zero attached hydrogens (tertiary/aromatic N) is 1. The van der Waals surface area contributed by atoms with Gasteiger partial charge in [0.1, 0.15) is 0 Å². The predicted molar refractivity (Wildman–Crippen MR) is 84.1 cm³/mol. The van der Waals surface area contributed by atoms with E-state index in [1.165, 1.54) is 0 Å². The normalized spacial score (nSPS) is 11.7. The van der Waals surface area contributed by atoms with Gasteiger partial charge in [-0.25, -0.2) is 8.42 Å². The Morgan fingerprint density at radius 3 is 2.75 bits per heavy atom. The SMILES string of the molecule is O=S(=O)(CCCCCl)Nc1ccc(Cl)c2cccnc12. The lowest BCUT2D eigenvalue weighted by Gasteiger charge is -2.10. The Morgan fingerprint density at radius 1 is 1.20 bits per heavy atom. The number of sulfonamides is 1. The van der Waals surface area contributed by atoms with Crippen molar-refractivity contribution in [1.82, 2.24) is 4.98 Å². The zero-order valence-electron chi connectivity index (χ0n) is 10.6. The maximum absolute atomic E-state index is 12.0. The van der Waals surface area contributed by atoms with Gasteiger partial charge in [-0.05, 0) is 37.1 Å². The molecule has 4 nitrogen and oxygen atoms in total. The molecule has 0 aliphatic rings. The average Bonchev–Trinajstić information content (AvgIpc) is 2.42. The molecule has 0 spiro atoms. The second-order valence-corrected chi connectivity index (χ2v) is 6.94. The van der Waals surface area contributed by atoms with E-state index in [1.807, 2.05) is 0 Å². The number of hydrogen-bond donors (Lipinski definition) is 1. The van der Waals surface area contributed by atoms with Crippen LogP contribution >= 0.6 is 23.2 Å². The van der Waals surface area contributed by atoms with Crippen LogP contribution in [0.2, 0.25) is 5.02 Å². The molecule has 0 unspecified atom stereocenters. The Labute approximate surface area is 128 Å². The highest BCUT2D eigenvalue weighted by Gasteiger charge is 2.13. The predicted octanol–water partition coefficient (Wildman–Crippen LogP) is 3.65. The standard InChI is InChI=1S/C13H14Cl2N2O2S/c14-7-1-2-9-20(18,19)17-12-6-5-11(15)10-4-3-8-16-13(10)12/h3-6,8,17H,1-2,7,9H2. The minimum absolute atomic E-state index is 0.0384. The lowest BCUT2D eigenvalue weighted by molar-refractivity contribution is 0.598. The number of halogens is 2. The van der Waals surface area contributed by atoms with Gasteiger partial charge in [0.15, 0.2) is 0 Å². The van der Waals surface area contributed by atoms with Crippen molar-refractivity contribution < 1.29 is 8.42 Å². The minimum Gasteiger partial charge on any atom is -0.281 e. The van der Waals surface area contributed by atoms with E-state index >= 15 is 0 Å². The Kier molecular flexibility index (Phi) is 5.07. The number of hydrogen-bond acceptors (Lipinski definition) is 3. The van der Waals surface area contributed by atoms with Crippen molar-refractivity contribution in [2.75, 3.05) is 16.4 Å². The Bertz CT molecular complexity index is 705. The molecule has 0 bridgehead atoms. The summed E-state index contributed by atoms with van der Waals surface area (Å²) in [5.41, 5.74) is 0.983. The van der Waals surface area contributed by atoms with Gasteiger partial charge in [-0.2, -0.15) is 0 Å². The number of pyridine rings is 1. The molecule has 1 N–H and O–H groups in total. The molecule has 1 heterocycles. The zero-order valence-corrected chi connectivity index (χ0v) is 13.0. The third-order valence-electron chi connectivity index (χ3n) is 2.78. The van der Waals surface area contributed by atoms with Crippen molar-refractivity contribution in [2.45, 2.75) is 12.8 Å². The molecule has 0 radical (unpaired) electrons. The molecule has 1 aromatic carbocycles. The molecular weight excluding hydrogens is 319 g/mol. The first-order valence-corrected chi connectivity index (χ1v) is 8.69. The summed E-state index contributed by atoms with van der Waals surface area (Å²) in [4.78, 5) is 4.19. The summed E-state index contributed by atoms with van der Waals surface area (Å²) >= 11 is 11.6. The van der Waals surface area contributed by atoms with E-state index in [4.69, 9.17) is 23.2 Å². The fourth-order valence-corrected chi connectivity index (χ4v) is 3.42. The maximum atomic E-state index is 12.0. The van der Waals surface area contributed by atoms with Crippen LogP contribution in [-0.4, -0.2) is 25.0 Å². The molecule has 20 heavy (non-hydrogen) atoms. The number of anilines is 1. The van der Waals surface area contributed by atoms with Crippen LogP contribution < -0.4 is 4.72 Å². The number of fused-ring (bicyclic) bond motifs is 1. The van der Waals surface area contributed by atoms with Gasteiger partial charge in [-0.3, -0.25) is 9.71 Å². The molecule has 0 saturated carbocycles. The third kappa shape index (κ3) is 3.75. The van der Waals surface area contributed by atoms with E-state index < -0.39 is 10.0 Å². The van der Waals surface area contributed by atoms with Gasteiger partial charge in [0.2, 0.25) is 10.0 Å². The molecule has 0 saturated heterocycles. The Hall–Kier alpha value is -1.04. The van der Waals surface area contributed by atoms with Crippen LogP contribution in [0, 0.1) is 0 Å². The first-order valence-electron chi connectivity index (χ1n) is 6.13. The molecule has 108 valence electrons. The fourth-order valence-electron chi connectivity index (χ4n) is 1.83. The maximum Gasteiger partial charge on any atom is 0.232 e. The molecule has 1 aromatic heterocycles. The molecule has 0 atom stereocenters. The number of unbranched alkanes of at least 4 members (excludes halogenated alkanes) is 1. The Balaban J connectivity index is 2.28. The van der Waals surface area contributed by atoms with Gasteiger partial charge in [-0.15, -0.1) is 11.6 Å². The average molecular weight is 333 g/mol. The van der Waals surface area contributed by atoms with Gasteiger partial charge >= 0.3 is 0 Å². The largest absolute Gasteiger partial charge is 0.281 e. The topological polar surface area (TPSA) is 59.1 Å². The summed E-state index contributed by atoms with van der Waals surface area (Å²) in [6.07, 6.45) is 2.80. The molecular formula is C13H14Cl2N2O2S. The van der Waals surface area contributed by atoms with Crippen LogP contribution in [0.15, 0.2) is 30.5 Å². The molecule has 2 aromatic rings. The highest BCUT2D eigenvalue weighted by Crippen LogP contribution is 2.28. The van der Waals surface area contributed by atoms with E-state index in [0.717, 1.165) is 5.39 Å². The summed E-state index contributed by atoms with van der Waals surface area (Å²) in [5.74, 6) is 0.498.